The van der Waals surface area contributed by atoms with Crippen molar-refractivity contribution < 1.29 is 28.9 Å². The Labute approximate surface area is 190 Å². The maximum absolute atomic E-state index is 14.0. The van der Waals surface area contributed by atoms with Gasteiger partial charge in [0.25, 0.3) is 11.7 Å². The van der Waals surface area contributed by atoms with Crippen molar-refractivity contribution in [3.05, 3.63) is 94.8 Å². The molecule has 6 nitrogen and oxygen atoms in total. The second-order valence-electron chi connectivity index (χ2n) is 7.65. The van der Waals surface area contributed by atoms with E-state index in [4.69, 9.17) is 4.74 Å². The molecule has 1 aliphatic rings. The van der Waals surface area contributed by atoms with Crippen LogP contribution in [0, 0.1) is 12.7 Å². The zero-order valence-electron chi connectivity index (χ0n) is 18.1. The van der Waals surface area contributed by atoms with Crippen LogP contribution in [0.4, 0.5) is 10.1 Å². The van der Waals surface area contributed by atoms with Crippen molar-refractivity contribution in [2.45, 2.75) is 19.9 Å². The van der Waals surface area contributed by atoms with Gasteiger partial charge in [-0.2, -0.15) is 0 Å². The third-order valence-corrected chi connectivity index (χ3v) is 5.49. The van der Waals surface area contributed by atoms with E-state index in [1.807, 2.05) is 13.8 Å². The fourth-order valence-electron chi connectivity index (χ4n) is 3.97. The summed E-state index contributed by atoms with van der Waals surface area (Å²) in [4.78, 5) is 27.3. The molecule has 1 amide bonds. The highest BCUT2D eigenvalue weighted by Gasteiger charge is 2.47. The first-order valence-corrected chi connectivity index (χ1v) is 10.4. The van der Waals surface area contributed by atoms with Gasteiger partial charge < -0.3 is 14.9 Å². The molecular weight excluding hydrogens is 425 g/mol. The number of anilines is 1. The molecule has 1 aliphatic heterocycles. The highest BCUT2D eigenvalue weighted by atomic mass is 19.1. The first-order chi connectivity index (χ1) is 15.8. The maximum atomic E-state index is 14.0. The van der Waals surface area contributed by atoms with Crippen LogP contribution in [0.15, 0.2) is 72.3 Å². The van der Waals surface area contributed by atoms with Crippen molar-refractivity contribution in [2.24, 2.45) is 0 Å². The predicted octanol–water partition coefficient (Wildman–Crippen LogP) is 4.86. The van der Waals surface area contributed by atoms with Crippen LogP contribution >= 0.6 is 0 Å². The number of nitrogens with zero attached hydrogens (tertiary/aromatic N) is 1. The van der Waals surface area contributed by atoms with Gasteiger partial charge in [0, 0.05) is 11.3 Å². The number of rotatable bonds is 5. The average molecular weight is 447 g/mol. The zero-order valence-corrected chi connectivity index (χ0v) is 18.1. The number of carbonyl (C=O) groups is 2. The maximum Gasteiger partial charge on any atom is 0.300 e. The molecule has 168 valence electrons. The number of hydrogen-bond donors (Lipinski definition) is 2. The first-order valence-electron chi connectivity index (χ1n) is 10.4. The van der Waals surface area contributed by atoms with Gasteiger partial charge in [-0.3, -0.25) is 14.5 Å². The number of benzene rings is 3. The number of ketones is 1. The molecule has 33 heavy (non-hydrogen) atoms. The Bertz CT molecular complexity index is 1270. The van der Waals surface area contributed by atoms with Crippen LogP contribution in [-0.4, -0.2) is 28.5 Å². The second-order valence-corrected chi connectivity index (χ2v) is 7.65. The van der Waals surface area contributed by atoms with Crippen LogP contribution in [-0.2, 0) is 9.59 Å². The lowest BCUT2D eigenvalue weighted by molar-refractivity contribution is -0.132. The van der Waals surface area contributed by atoms with Gasteiger partial charge in [0.05, 0.1) is 18.2 Å². The zero-order chi connectivity index (χ0) is 23.7. The summed E-state index contributed by atoms with van der Waals surface area (Å²) in [6.45, 7) is 4.15. The lowest BCUT2D eigenvalue weighted by Gasteiger charge is -2.25. The Morgan fingerprint density at radius 1 is 1.06 bits per heavy atom. The van der Waals surface area contributed by atoms with Gasteiger partial charge in [-0.1, -0.05) is 18.2 Å². The van der Waals surface area contributed by atoms with Crippen LogP contribution in [0.25, 0.3) is 5.76 Å². The minimum Gasteiger partial charge on any atom is -0.508 e. The molecule has 1 atom stereocenters. The number of aryl methyl sites for hydroxylation is 1. The topological polar surface area (TPSA) is 87.1 Å². The average Bonchev–Trinajstić information content (AvgIpc) is 3.06. The van der Waals surface area contributed by atoms with Gasteiger partial charge >= 0.3 is 0 Å². The van der Waals surface area contributed by atoms with E-state index in [9.17, 15) is 24.2 Å². The number of phenols is 1. The minimum atomic E-state index is -1.01. The Morgan fingerprint density at radius 2 is 1.79 bits per heavy atom. The molecule has 0 spiro atoms. The van der Waals surface area contributed by atoms with Gasteiger partial charge in [0.2, 0.25) is 0 Å². The molecule has 1 saturated heterocycles. The summed E-state index contributed by atoms with van der Waals surface area (Å²) < 4.78 is 19.5. The Balaban J connectivity index is 1.91. The highest BCUT2D eigenvalue weighted by Crippen LogP contribution is 2.42. The standard InChI is InChI=1S/C26H22FNO5/c1-3-33-21-12-9-17(13-15(21)2)24(30)22-23(16-7-10-20(29)11-8-16)28(26(32)25(22)31)19-6-4-5-18(27)14-19/h4-14,23,29-30H,3H2,1-2H3/b24-22+. The summed E-state index contributed by atoms with van der Waals surface area (Å²) in [6.07, 6.45) is 0. The van der Waals surface area contributed by atoms with Gasteiger partial charge in [-0.25, -0.2) is 4.39 Å². The SMILES string of the molecule is CCOc1ccc(/C(O)=C2\C(=O)C(=O)N(c3cccc(F)c3)C2c2ccc(O)cc2)cc1C. The third kappa shape index (κ3) is 4.05. The number of halogens is 1. The Kier molecular flexibility index (Phi) is 5.87. The molecule has 0 aliphatic carbocycles. The Morgan fingerprint density at radius 3 is 2.42 bits per heavy atom. The van der Waals surface area contributed by atoms with Crippen LogP contribution in [0.1, 0.15) is 29.7 Å². The summed E-state index contributed by atoms with van der Waals surface area (Å²) in [5.41, 5.74) is 1.62. The molecule has 0 aromatic heterocycles. The van der Waals surface area contributed by atoms with Crippen LogP contribution in [0.2, 0.25) is 0 Å². The highest BCUT2D eigenvalue weighted by molar-refractivity contribution is 6.51. The number of hydrogen-bond acceptors (Lipinski definition) is 5. The van der Waals surface area contributed by atoms with Crippen molar-refractivity contribution in [3.63, 3.8) is 0 Å². The van der Waals surface area contributed by atoms with Gasteiger partial charge in [0.1, 0.15) is 23.1 Å². The second kappa shape index (κ2) is 8.78. The molecule has 4 rings (SSSR count). The number of aromatic hydroxyl groups is 1. The van der Waals surface area contributed by atoms with Crippen molar-refractivity contribution in [1.29, 1.82) is 0 Å². The molecule has 1 heterocycles. The molecule has 0 saturated carbocycles. The molecule has 1 unspecified atom stereocenters. The van der Waals surface area contributed by atoms with Crippen molar-refractivity contribution in [2.75, 3.05) is 11.5 Å². The predicted molar refractivity (Wildman–Crippen MR) is 122 cm³/mol. The summed E-state index contributed by atoms with van der Waals surface area (Å²) in [5.74, 6) is -2.05. The number of amides is 1. The van der Waals surface area contributed by atoms with E-state index < -0.39 is 23.5 Å². The molecule has 3 aromatic rings. The molecular formula is C26H22FNO5. The smallest absolute Gasteiger partial charge is 0.300 e. The lowest BCUT2D eigenvalue weighted by Crippen LogP contribution is -2.29. The number of carbonyl (C=O) groups excluding carboxylic acids is 2. The quantitative estimate of drug-likeness (QED) is 0.331. The Hall–Kier alpha value is -4.13. The number of Topliss-reactive ketones (excluding diaryl/α,β-unsaturated/α-hetero) is 1. The molecule has 0 bridgehead atoms. The van der Waals surface area contributed by atoms with Gasteiger partial charge in [-0.15, -0.1) is 0 Å². The molecule has 1 fully saturated rings. The normalized spacial score (nSPS) is 17.4. The van der Waals surface area contributed by atoms with Crippen LogP contribution in [0.5, 0.6) is 11.5 Å². The van der Waals surface area contributed by atoms with Gasteiger partial charge in [0.15, 0.2) is 0 Å². The largest absolute Gasteiger partial charge is 0.508 e. The first kappa shape index (κ1) is 22.1. The lowest BCUT2D eigenvalue weighted by atomic mass is 9.94. The third-order valence-electron chi connectivity index (χ3n) is 5.49. The van der Waals surface area contributed by atoms with Crippen molar-refractivity contribution >= 4 is 23.1 Å². The number of ether oxygens (including phenoxy) is 1. The number of phenolic OH excluding ortho intramolecular Hbond substituents is 1. The molecule has 2 N–H and O–H groups in total. The monoisotopic (exact) mass is 447 g/mol. The van der Waals surface area contributed by atoms with Crippen LogP contribution < -0.4 is 9.64 Å². The van der Waals surface area contributed by atoms with Gasteiger partial charge in [-0.05, 0) is 73.5 Å². The van der Waals surface area contributed by atoms with E-state index in [0.29, 0.717) is 23.5 Å². The summed E-state index contributed by atoms with van der Waals surface area (Å²) >= 11 is 0. The summed E-state index contributed by atoms with van der Waals surface area (Å²) in [5, 5.41) is 20.9. The van der Waals surface area contributed by atoms with E-state index in [0.717, 1.165) is 16.5 Å². The summed E-state index contributed by atoms with van der Waals surface area (Å²) in [6, 6.07) is 15.2. The van der Waals surface area contributed by atoms with E-state index in [2.05, 4.69) is 0 Å². The number of aliphatic hydroxyl groups excluding tert-OH is 1. The molecule has 3 aromatic carbocycles. The fraction of sp³-hybridized carbons (Fsp3) is 0.154. The summed E-state index contributed by atoms with van der Waals surface area (Å²) in [7, 11) is 0. The van der Waals surface area contributed by atoms with E-state index in [1.54, 1.807) is 30.3 Å². The van der Waals surface area contributed by atoms with Crippen molar-refractivity contribution in [1.82, 2.24) is 0 Å². The van der Waals surface area contributed by atoms with Crippen LogP contribution in [0.3, 0.4) is 0 Å². The fourth-order valence-corrected chi connectivity index (χ4v) is 3.97. The van der Waals surface area contributed by atoms with Crippen molar-refractivity contribution in [3.8, 4) is 11.5 Å². The molecule has 7 heteroatoms. The van der Waals surface area contributed by atoms with E-state index in [-0.39, 0.29) is 22.8 Å². The van der Waals surface area contributed by atoms with E-state index in [1.165, 1.54) is 30.3 Å². The van der Waals surface area contributed by atoms with E-state index >= 15 is 0 Å². The number of aliphatic hydroxyl groups is 1. The minimum absolute atomic E-state index is 0.00333. The molecule has 0 radical (unpaired) electrons.